The zero-order valence-corrected chi connectivity index (χ0v) is 13.2. The SMILES string of the molecule is Cc1cc(N(C)Cc2cc(N)ccc2Cl)ncc1Br. The van der Waals surface area contributed by atoms with Crippen LogP contribution in [0.4, 0.5) is 11.5 Å². The largest absolute Gasteiger partial charge is 0.399 e. The molecule has 0 spiro atoms. The van der Waals surface area contributed by atoms with E-state index < -0.39 is 0 Å². The Morgan fingerprint density at radius 2 is 2.11 bits per heavy atom. The van der Waals surface area contributed by atoms with Gasteiger partial charge in [-0.05, 0) is 58.2 Å². The maximum atomic E-state index is 6.17. The van der Waals surface area contributed by atoms with E-state index in [2.05, 4.69) is 20.9 Å². The predicted octanol–water partition coefficient (Wildman–Crippen LogP) is 4.02. The van der Waals surface area contributed by atoms with Crippen molar-refractivity contribution in [2.24, 2.45) is 0 Å². The molecule has 3 nitrogen and oxygen atoms in total. The molecular formula is C14H15BrClN3. The summed E-state index contributed by atoms with van der Waals surface area (Å²) in [6.07, 6.45) is 1.81. The summed E-state index contributed by atoms with van der Waals surface area (Å²) in [4.78, 5) is 6.43. The number of hydrogen-bond acceptors (Lipinski definition) is 3. The van der Waals surface area contributed by atoms with Crippen molar-refractivity contribution in [3.05, 3.63) is 51.1 Å². The van der Waals surface area contributed by atoms with Crippen LogP contribution in [0.5, 0.6) is 0 Å². The molecule has 0 saturated carbocycles. The summed E-state index contributed by atoms with van der Waals surface area (Å²) in [5.74, 6) is 0.902. The third-order valence-electron chi connectivity index (χ3n) is 2.90. The van der Waals surface area contributed by atoms with E-state index in [0.29, 0.717) is 12.2 Å². The van der Waals surface area contributed by atoms with E-state index >= 15 is 0 Å². The van der Waals surface area contributed by atoms with Crippen LogP contribution in [0, 0.1) is 6.92 Å². The maximum Gasteiger partial charge on any atom is 0.128 e. The van der Waals surface area contributed by atoms with Gasteiger partial charge in [0, 0.05) is 35.0 Å². The number of aromatic nitrogens is 1. The Morgan fingerprint density at radius 1 is 1.37 bits per heavy atom. The van der Waals surface area contributed by atoms with Crippen LogP contribution < -0.4 is 10.6 Å². The second kappa shape index (κ2) is 5.80. The Bertz CT molecular complexity index is 601. The number of nitrogens with two attached hydrogens (primary N) is 1. The summed E-state index contributed by atoms with van der Waals surface area (Å²) in [7, 11) is 1.98. The number of rotatable bonds is 3. The number of pyridine rings is 1. The third-order valence-corrected chi connectivity index (χ3v) is 4.10. The fourth-order valence-corrected chi connectivity index (χ4v) is 2.18. The number of nitrogen functional groups attached to an aromatic ring is 1. The highest BCUT2D eigenvalue weighted by Gasteiger charge is 2.08. The minimum absolute atomic E-state index is 0.665. The van der Waals surface area contributed by atoms with E-state index in [4.69, 9.17) is 17.3 Å². The van der Waals surface area contributed by atoms with Crippen molar-refractivity contribution >= 4 is 39.0 Å². The molecule has 2 aromatic rings. The normalized spacial score (nSPS) is 10.5. The van der Waals surface area contributed by atoms with Gasteiger partial charge in [0.15, 0.2) is 0 Å². The first-order chi connectivity index (χ1) is 8.97. The van der Waals surface area contributed by atoms with Crippen molar-refractivity contribution in [1.82, 2.24) is 4.98 Å². The van der Waals surface area contributed by atoms with Gasteiger partial charge in [-0.25, -0.2) is 4.98 Å². The van der Waals surface area contributed by atoms with Crippen LogP contribution in [0.3, 0.4) is 0 Å². The molecule has 0 aliphatic rings. The van der Waals surface area contributed by atoms with Crippen molar-refractivity contribution in [2.45, 2.75) is 13.5 Å². The van der Waals surface area contributed by atoms with Crippen molar-refractivity contribution in [1.29, 1.82) is 0 Å². The first-order valence-electron chi connectivity index (χ1n) is 5.84. The van der Waals surface area contributed by atoms with Gasteiger partial charge in [-0.15, -0.1) is 0 Å². The zero-order valence-electron chi connectivity index (χ0n) is 10.8. The van der Waals surface area contributed by atoms with Crippen molar-refractivity contribution in [3.8, 4) is 0 Å². The maximum absolute atomic E-state index is 6.17. The molecule has 1 aromatic carbocycles. The van der Waals surface area contributed by atoms with E-state index in [1.807, 2.05) is 43.3 Å². The van der Waals surface area contributed by atoms with Gasteiger partial charge in [-0.1, -0.05) is 11.6 Å². The molecule has 0 atom stereocenters. The summed E-state index contributed by atoms with van der Waals surface area (Å²) in [6, 6.07) is 7.54. The first-order valence-corrected chi connectivity index (χ1v) is 7.01. The lowest BCUT2D eigenvalue weighted by atomic mass is 10.2. The molecule has 0 unspecified atom stereocenters. The molecular weight excluding hydrogens is 326 g/mol. The summed E-state index contributed by atoms with van der Waals surface area (Å²) >= 11 is 9.62. The van der Waals surface area contributed by atoms with Crippen LogP contribution in [0.25, 0.3) is 0 Å². The number of benzene rings is 1. The van der Waals surface area contributed by atoms with Crippen molar-refractivity contribution in [3.63, 3.8) is 0 Å². The van der Waals surface area contributed by atoms with Gasteiger partial charge in [0.25, 0.3) is 0 Å². The Balaban J connectivity index is 2.22. The van der Waals surface area contributed by atoms with E-state index in [1.54, 1.807) is 6.07 Å². The van der Waals surface area contributed by atoms with Gasteiger partial charge >= 0.3 is 0 Å². The number of nitrogens with zero attached hydrogens (tertiary/aromatic N) is 2. The molecule has 0 aliphatic carbocycles. The number of anilines is 2. The molecule has 0 amide bonds. The van der Waals surface area contributed by atoms with Crippen LogP contribution >= 0.6 is 27.5 Å². The molecule has 1 heterocycles. The number of aryl methyl sites for hydroxylation is 1. The minimum atomic E-state index is 0.665. The van der Waals surface area contributed by atoms with Gasteiger partial charge in [0.05, 0.1) is 0 Å². The van der Waals surface area contributed by atoms with Gasteiger partial charge in [-0.3, -0.25) is 0 Å². The third kappa shape index (κ3) is 3.39. The second-order valence-corrected chi connectivity index (χ2v) is 5.76. The molecule has 2 N–H and O–H groups in total. The molecule has 0 aliphatic heterocycles. The highest BCUT2D eigenvalue weighted by molar-refractivity contribution is 9.10. The lowest BCUT2D eigenvalue weighted by molar-refractivity contribution is 0.896. The number of hydrogen-bond donors (Lipinski definition) is 1. The van der Waals surface area contributed by atoms with Crippen LogP contribution in [-0.2, 0) is 6.54 Å². The standard InChI is InChI=1S/C14H15BrClN3/c1-9-5-14(18-7-12(9)15)19(2)8-10-6-11(17)3-4-13(10)16/h3-7H,8,17H2,1-2H3. The minimum Gasteiger partial charge on any atom is -0.399 e. The van der Waals surface area contributed by atoms with Crippen LogP contribution in [0.2, 0.25) is 5.02 Å². The van der Waals surface area contributed by atoms with E-state index in [9.17, 15) is 0 Å². The van der Waals surface area contributed by atoms with Gasteiger partial charge in [0.1, 0.15) is 5.82 Å². The Hall–Kier alpha value is -1.26. The van der Waals surface area contributed by atoms with Gasteiger partial charge in [0.2, 0.25) is 0 Å². The summed E-state index contributed by atoms with van der Waals surface area (Å²) in [6.45, 7) is 2.70. The van der Waals surface area contributed by atoms with Crippen LogP contribution in [0.1, 0.15) is 11.1 Å². The molecule has 1 aromatic heterocycles. The fraction of sp³-hybridized carbons (Fsp3) is 0.214. The zero-order chi connectivity index (χ0) is 14.0. The van der Waals surface area contributed by atoms with Crippen molar-refractivity contribution in [2.75, 3.05) is 17.7 Å². The lowest BCUT2D eigenvalue weighted by Gasteiger charge is -2.20. The molecule has 19 heavy (non-hydrogen) atoms. The lowest BCUT2D eigenvalue weighted by Crippen LogP contribution is -2.18. The highest BCUT2D eigenvalue weighted by atomic mass is 79.9. The summed E-state index contributed by atoms with van der Waals surface area (Å²) in [5.41, 5.74) is 8.64. The highest BCUT2D eigenvalue weighted by Crippen LogP contribution is 2.24. The molecule has 5 heteroatoms. The van der Waals surface area contributed by atoms with Crippen LogP contribution in [0.15, 0.2) is 34.9 Å². The average molecular weight is 341 g/mol. The topological polar surface area (TPSA) is 42.1 Å². The molecule has 2 rings (SSSR count). The van der Waals surface area contributed by atoms with Crippen molar-refractivity contribution < 1.29 is 0 Å². The molecule has 0 bridgehead atoms. The molecule has 0 fully saturated rings. The Morgan fingerprint density at radius 3 is 2.79 bits per heavy atom. The average Bonchev–Trinajstić information content (AvgIpc) is 2.37. The monoisotopic (exact) mass is 339 g/mol. The molecule has 100 valence electrons. The first kappa shape index (κ1) is 14.2. The quantitative estimate of drug-likeness (QED) is 0.858. The van der Waals surface area contributed by atoms with Gasteiger partial charge in [-0.2, -0.15) is 0 Å². The van der Waals surface area contributed by atoms with Gasteiger partial charge < -0.3 is 10.6 Å². The van der Waals surface area contributed by atoms with E-state index in [-0.39, 0.29) is 0 Å². The second-order valence-electron chi connectivity index (χ2n) is 4.50. The Labute approximate surface area is 126 Å². The van der Waals surface area contributed by atoms with Crippen LogP contribution in [-0.4, -0.2) is 12.0 Å². The molecule has 0 radical (unpaired) electrons. The van der Waals surface area contributed by atoms with E-state index in [1.165, 1.54) is 0 Å². The summed E-state index contributed by atoms with van der Waals surface area (Å²) < 4.78 is 1.01. The van der Waals surface area contributed by atoms with E-state index in [0.717, 1.165) is 26.4 Å². The smallest absolute Gasteiger partial charge is 0.128 e. The Kier molecular flexibility index (Phi) is 4.32. The fourth-order valence-electron chi connectivity index (χ4n) is 1.79. The molecule has 0 saturated heterocycles. The predicted molar refractivity (Wildman–Crippen MR) is 84.6 cm³/mol. The number of halogens is 2. The summed E-state index contributed by atoms with van der Waals surface area (Å²) in [5, 5.41) is 0.717.